The summed E-state index contributed by atoms with van der Waals surface area (Å²) < 4.78 is 5.83. The normalized spacial score (nSPS) is 10.9. The lowest BCUT2D eigenvalue weighted by Gasteiger charge is -2.18. The summed E-state index contributed by atoms with van der Waals surface area (Å²) in [5.74, 6) is 0.694. The second kappa shape index (κ2) is 11.3. The van der Waals surface area contributed by atoms with E-state index in [1.165, 1.54) is 11.5 Å². The van der Waals surface area contributed by atoms with Crippen molar-refractivity contribution in [2.24, 2.45) is 5.92 Å². The molecule has 0 unspecified atom stereocenters. The first-order valence-corrected chi connectivity index (χ1v) is 13.5. The molecule has 0 saturated carbocycles. The molecule has 0 bridgehead atoms. The number of nitrogens with one attached hydrogen (secondary N) is 2. The minimum atomic E-state index is -0.228. The van der Waals surface area contributed by atoms with Crippen molar-refractivity contribution >= 4 is 42.1 Å². The number of amides is 1. The van der Waals surface area contributed by atoms with Gasteiger partial charge in [-0.1, -0.05) is 59.0 Å². The topological polar surface area (TPSA) is 80.3 Å². The summed E-state index contributed by atoms with van der Waals surface area (Å²) in [5, 5.41) is 7.48. The van der Waals surface area contributed by atoms with Gasteiger partial charge in [0.1, 0.15) is 11.6 Å². The molecular formula is C27H32N3O3P. The molecule has 1 heterocycles. The Bertz CT molecular complexity index is 1190. The molecule has 2 N–H and O–H groups in total. The number of hydrogen-bond acceptors (Lipinski definition) is 5. The highest BCUT2D eigenvalue weighted by Crippen LogP contribution is 2.39. The van der Waals surface area contributed by atoms with E-state index in [9.17, 15) is 9.59 Å². The van der Waals surface area contributed by atoms with Crippen molar-refractivity contribution in [3.8, 4) is 16.9 Å². The van der Waals surface area contributed by atoms with Crippen molar-refractivity contribution in [1.82, 2.24) is 4.98 Å². The van der Waals surface area contributed by atoms with E-state index >= 15 is 0 Å². The number of Topliss-reactive ketones (excluding diaryl/α,β-unsaturated/α-hetero) is 1. The number of pyridine rings is 1. The minimum Gasteiger partial charge on any atom is -0.494 e. The van der Waals surface area contributed by atoms with Gasteiger partial charge in [-0.05, 0) is 36.3 Å². The summed E-state index contributed by atoms with van der Waals surface area (Å²) in [6, 6.07) is 16.1. The molecule has 0 radical (unpaired) electrons. The predicted octanol–water partition coefficient (Wildman–Crippen LogP) is 6.05. The fourth-order valence-electron chi connectivity index (χ4n) is 3.49. The lowest BCUT2D eigenvalue weighted by atomic mass is 10.0. The van der Waals surface area contributed by atoms with E-state index in [1.807, 2.05) is 39.0 Å². The zero-order valence-electron chi connectivity index (χ0n) is 20.6. The molecule has 0 aliphatic rings. The van der Waals surface area contributed by atoms with Crippen LogP contribution in [0.25, 0.3) is 11.1 Å². The van der Waals surface area contributed by atoms with Crippen LogP contribution in [0.1, 0.15) is 37.6 Å². The molecule has 1 amide bonds. The SMILES string of the molecule is CCC(=O)c1cnc(NC(=O)C(C)C)cc1Nc1cccc(-c2cccc(P(C)C)c2)c1OC. The van der Waals surface area contributed by atoms with Gasteiger partial charge in [-0.15, -0.1) is 0 Å². The van der Waals surface area contributed by atoms with Gasteiger partial charge in [0, 0.05) is 30.2 Å². The molecular weight excluding hydrogens is 445 g/mol. The second-order valence-corrected chi connectivity index (χ2v) is 10.8. The maximum absolute atomic E-state index is 12.6. The summed E-state index contributed by atoms with van der Waals surface area (Å²) in [4.78, 5) is 29.1. The summed E-state index contributed by atoms with van der Waals surface area (Å²) in [6.07, 6.45) is 1.85. The van der Waals surface area contributed by atoms with Gasteiger partial charge in [-0.25, -0.2) is 4.98 Å². The zero-order valence-corrected chi connectivity index (χ0v) is 21.5. The summed E-state index contributed by atoms with van der Waals surface area (Å²) in [7, 11) is 1.41. The van der Waals surface area contributed by atoms with E-state index in [1.54, 1.807) is 13.2 Å². The number of ether oxygens (including phenoxy) is 1. The Hall–Kier alpha value is -3.24. The molecule has 7 heteroatoms. The Morgan fingerprint density at radius 3 is 2.44 bits per heavy atom. The van der Waals surface area contributed by atoms with Crippen molar-refractivity contribution in [2.75, 3.05) is 31.1 Å². The molecule has 3 rings (SSSR count). The van der Waals surface area contributed by atoms with Crippen molar-refractivity contribution in [3.63, 3.8) is 0 Å². The average molecular weight is 478 g/mol. The molecule has 178 valence electrons. The smallest absolute Gasteiger partial charge is 0.228 e. The van der Waals surface area contributed by atoms with Crippen LogP contribution in [0, 0.1) is 5.92 Å². The first kappa shape index (κ1) is 25.4. The van der Waals surface area contributed by atoms with Gasteiger partial charge in [0.2, 0.25) is 5.91 Å². The van der Waals surface area contributed by atoms with Crippen LogP contribution in [0.3, 0.4) is 0 Å². The Balaban J connectivity index is 2.06. The molecule has 0 aliphatic carbocycles. The third-order valence-electron chi connectivity index (χ3n) is 5.46. The monoisotopic (exact) mass is 477 g/mol. The Morgan fingerprint density at radius 2 is 1.79 bits per heavy atom. The lowest BCUT2D eigenvalue weighted by molar-refractivity contribution is -0.118. The van der Waals surface area contributed by atoms with Gasteiger partial charge in [0.05, 0.1) is 24.0 Å². The first-order chi connectivity index (χ1) is 16.2. The number of hydrogen-bond donors (Lipinski definition) is 2. The van der Waals surface area contributed by atoms with Crippen LogP contribution in [0.15, 0.2) is 54.7 Å². The standard InChI is InChI=1S/C27H32N3O3P/c1-7-24(31)21-16-28-25(30-27(32)17(2)3)15-23(21)29-22-13-9-12-20(26(22)33-4)18-10-8-11-19(14-18)34(5)6/h8-17H,7H2,1-6H3,(H2,28,29,30,32). The number of ketones is 1. The highest BCUT2D eigenvalue weighted by molar-refractivity contribution is 7.64. The van der Waals surface area contributed by atoms with Crippen molar-refractivity contribution in [2.45, 2.75) is 27.2 Å². The lowest BCUT2D eigenvalue weighted by Crippen LogP contribution is -2.19. The van der Waals surface area contributed by atoms with Crippen LogP contribution in [0.4, 0.5) is 17.2 Å². The fourth-order valence-corrected chi connectivity index (χ4v) is 4.27. The number of anilines is 3. The quantitative estimate of drug-likeness (QED) is 0.289. The second-order valence-electron chi connectivity index (χ2n) is 8.49. The number of aromatic nitrogens is 1. The predicted molar refractivity (Wildman–Crippen MR) is 142 cm³/mol. The summed E-state index contributed by atoms with van der Waals surface area (Å²) in [5.41, 5.74) is 3.77. The number of methoxy groups -OCH3 is 1. The molecule has 2 aromatic carbocycles. The van der Waals surface area contributed by atoms with Crippen LogP contribution in [-0.4, -0.2) is 37.1 Å². The van der Waals surface area contributed by atoms with Crippen LogP contribution >= 0.6 is 7.92 Å². The maximum atomic E-state index is 12.6. The zero-order chi connectivity index (χ0) is 24.8. The molecule has 6 nitrogen and oxygen atoms in total. The van der Waals surface area contributed by atoms with Gasteiger partial charge in [-0.3, -0.25) is 9.59 Å². The number of rotatable bonds is 9. The fraction of sp³-hybridized carbons (Fsp3) is 0.296. The van der Waals surface area contributed by atoms with Crippen molar-refractivity contribution < 1.29 is 14.3 Å². The largest absolute Gasteiger partial charge is 0.494 e. The molecule has 3 aromatic rings. The van der Waals surface area contributed by atoms with Crippen molar-refractivity contribution in [3.05, 3.63) is 60.3 Å². The van der Waals surface area contributed by atoms with E-state index in [0.717, 1.165) is 16.8 Å². The van der Waals surface area contributed by atoms with Gasteiger partial charge in [-0.2, -0.15) is 0 Å². The minimum absolute atomic E-state index is 0.0428. The average Bonchev–Trinajstić information content (AvgIpc) is 2.83. The third kappa shape index (κ3) is 5.81. The number of benzene rings is 2. The maximum Gasteiger partial charge on any atom is 0.228 e. The van der Waals surface area contributed by atoms with Gasteiger partial charge >= 0.3 is 0 Å². The van der Waals surface area contributed by atoms with Gasteiger partial charge in [0.15, 0.2) is 5.78 Å². The van der Waals surface area contributed by atoms with Crippen LogP contribution < -0.4 is 20.7 Å². The molecule has 0 spiro atoms. The van der Waals surface area contributed by atoms with E-state index in [-0.39, 0.29) is 25.5 Å². The van der Waals surface area contributed by atoms with Crippen LogP contribution in [0.2, 0.25) is 0 Å². The Kier molecular flexibility index (Phi) is 8.41. The van der Waals surface area contributed by atoms with E-state index in [0.29, 0.717) is 29.2 Å². The number of para-hydroxylation sites is 1. The van der Waals surface area contributed by atoms with Gasteiger partial charge < -0.3 is 15.4 Å². The molecule has 0 fully saturated rings. The van der Waals surface area contributed by atoms with E-state index in [2.05, 4.69) is 53.2 Å². The molecule has 0 saturated heterocycles. The van der Waals surface area contributed by atoms with E-state index < -0.39 is 0 Å². The van der Waals surface area contributed by atoms with Crippen molar-refractivity contribution in [1.29, 1.82) is 0 Å². The Morgan fingerprint density at radius 1 is 1.06 bits per heavy atom. The van der Waals surface area contributed by atoms with Crippen LogP contribution in [-0.2, 0) is 4.79 Å². The third-order valence-corrected chi connectivity index (χ3v) is 6.77. The number of nitrogens with zero attached hydrogens (tertiary/aromatic N) is 1. The molecule has 0 atom stereocenters. The number of carbonyl (C=O) groups is 2. The highest BCUT2D eigenvalue weighted by Gasteiger charge is 2.17. The summed E-state index contributed by atoms with van der Waals surface area (Å²) in [6.45, 7) is 9.90. The first-order valence-electron chi connectivity index (χ1n) is 11.3. The molecule has 1 aromatic heterocycles. The van der Waals surface area contributed by atoms with E-state index in [4.69, 9.17) is 4.74 Å². The molecule has 0 aliphatic heterocycles. The van der Waals surface area contributed by atoms with Gasteiger partial charge in [0.25, 0.3) is 0 Å². The van der Waals surface area contributed by atoms with Crippen LogP contribution in [0.5, 0.6) is 5.75 Å². The highest BCUT2D eigenvalue weighted by atomic mass is 31.1. The Labute approximate surface area is 202 Å². The number of carbonyl (C=O) groups excluding carboxylic acids is 2. The molecule has 34 heavy (non-hydrogen) atoms. The summed E-state index contributed by atoms with van der Waals surface area (Å²) >= 11 is 0.